The van der Waals surface area contributed by atoms with Crippen molar-refractivity contribution in [1.82, 2.24) is 5.32 Å². The van der Waals surface area contributed by atoms with E-state index in [4.69, 9.17) is 16.3 Å². The number of halogens is 1. The Morgan fingerprint density at radius 3 is 2.30 bits per heavy atom. The van der Waals surface area contributed by atoms with Crippen molar-refractivity contribution in [2.45, 2.75) is 24.5 Å². The number of amides is 1. The highest BCUT2D eigenvalue weighted by molar-refractivity contribution is 6.30. The maximum Gasteiger partial charge on any atom is 0.407 e. The second-order valence-electron chi connectivity index (χ2n) is 7.94. The first-order valence-electron chi connectivity index (χ1n) is 10.7. The number of aliphatic hydroxyl groups excluding tert-OH is 2. The smallest absolute Gasteiger partial charge is 0.407 e. The van der Waals surface area contributed by atoms with Crippen LogP contribution in [0.2, 0.25) is 5.02 Å². The maximum absolute atomic E-state index is 12.2. The van der Waals surface area contributed by atoms with Crippen LogP contribution in [0.15, 0.2) is 66.7 Å². The molecule has 2 atom stereocenters. The molecule has 0 heterocycles. The average molecular weight is 466 g/mol. The summed E-state index contributed by atoms with van der Waals surface area (Å²) >= 11 is 5.94. The second-order valence-corrected chi connectivity index (χ2v) is 8.38. The van der Waals surface area contributed by atoms with E-state index < -0.39 is 18.3 Å². The van der Waals surface area contributed by atoms with Crippen LogP contribution >= 0.6 is 11.6 Å². The lowest BCUT2D eigenvalue weighted by Gasteiger charge is -2.20. The number of carbonyl (C=O) groups is 2. The number of hydrogen-bond acceptors (Lipinski definition) is 5. The zero-order valence-electron chi connectivity index (χ0n) is 17.8. The Kier molecular flexibility index (Phi) is 7.08. The van der Waals surface area contributed by atoms with E-state index in [0.29, 0.717) is 11.3 Å². The van der Waals surface area contributed by atoms with Gasteiger partial charge in [0, 0.05) is 23.0 Å². The number of aldehydes is 1. The van der Waals surface area contributed by atoms with Gasteiger partial charge in [0.25, 0.3) is 0 Å². The van der Waals surface area contributed by atoms with Crippen molar-refractivity contribution >= 4 is 24.0 Å². The molecule has 0 aromatic heterocycles. The molecule has 1 aliphatic rings. The molecule has 0 spiro atoms. The molecule has 3 aromatic carbocycles. The fraction of sp³-hybridized carbons (Fsp3) is 0.231. The van der Waals surface area contributed by atoms with Gasteiger partial charge in [0.15, 0.2) is 0 Å². The van der Waals surface area contributed by atoms with Gasteiger partial charge < -0.3 is 20.3 Å². The number of carbonyl (C=O) groups excluding carboxylic acids is 2. The van der Waals surface area contributed by atoms with Gasteiger partial charge in [0.05, 0.1) is 6.10 Å². The molecule has 2 unspecified atom stereocenters. The van der Waals surface area contributed by atoms with Gasteiger partial charge in [-0.2, -0.15) is 0 Å². The quantitative estimate of drug-likeness (QED) is 0.426. The summed E-state index contributed by atoms with van der Waals surface area (Å²) in [7, 11) is 0. The minimum atomic E-state index is -1.31. The van der Waals surface area contributed by atoms with Crippen molar-refractivity contribution in [3.8, 4) is 11.1 Å². The Hall–Kier alpha value is -3.19. The molecule has 3 aromatic rings. The van der Waals surface area contributed by atoms with Gasteiger partial charge in [-0.1, -0.05) is 60.1 Å². The molecule has 170 valence electrons. The molecule has 7 heteroatoms. The molecule has 0 aliphatic heterocycles. The standard InChI is InChI=1S/C26H24ClNO5/c27-17-10-9-16(14-29)22(13-17)25(31)24(30)11-12-28-26(32)33-15-23-20-7-3-1-5-18(20)19-6-2-4-8-21(19)23/h1-10,13-14,23-25,30-31H,11-12,15H2,(H,28,32). The van der Waals surface area contributed by atoms with E-state index in [1.54, 1.807) is 0 Å². The van der Waals surface area contributed by atoms with Crippen molar-refractivity contribution in [2.75, 3.05) is 13.2 Å². The van der Waals surface area contributed by atoms with Crippen molar-refractivity contribution in [3.05, 3.63) is 94.0 Å². The number of alkyl carbamates (subject to hydrolysis) is 1. The Bertz CT molecular complexity index is 1120. The molecular formula is C26H24ClNO5. The first kappa shape index (κ1) is 23.0. The van der Waals surface area contributed by atoms with Crippen LogP contribution in [-0.2, 0) is 4.74 Å². The second kappa shape index (κ2) is 10.2. The number of rotatable bonds is 8. The fourth-order valence-corrected chi connectivity index (χ4v) is 4.43. The van der Waals surface area contributed by atoms with Crippen LogP contribution in [0, 0.1) is 0 Å². The molecule has 0 radical (unpaired) electrons. The largest absolute Gasteiger partial charge is 0.449 e. The van der Waals surface area contributed by atoms with E-state index in [0.717, 1.165) is 22.3 Å². The van der Waals surface area contributed by atoms with Gasteiger partial charge in [-0.15, -0.1) is 0 Å². The number of hydrogen-bond donors (Lipinski definition) is 3. The summed E-state index contributed by atoms with van der Waals surface area (Å²) in [6.45, 7) is 0.280. The third-order valence-electron chi connectivity index (χ3n) is 5.91. The first-order valence-corrected chi connectivity index (χ1v) is 11.1. The lowest BCUT2D eigenvalue weighted by Crippen LogP contribution is -2.31. The predicted octanol–water partition coefficient (Wildman–Crippen LogP) is 4.48. The van der Waals surface area contributed by atoms with E-state index in [2.05, 4.69) is 17.4 Å². The maximum atomic E-state index is 12.2. The summed E-state index contributed by atoms with van der Waals surface area (Å²) in [4.78, 5) is 23.4. The minimum Gasteiger partial charge on any atom is -0.449 e. The highest BCUT2D eigenvalue weighted by atomic mass is 35.5. The molecule has 6 nitrogen and oxygen atoms in total. The zero-order chi connectivity index (χ0) is 23.4. The third kappa shape index (κ3) is 4.93. The number of fused-ring (bicyclic) bond motifs is 3. The molecule has 33 heavy (non-hydrogen) atoms. The van der Waals surface area contributed by atoms with E-state index in [9.17, 15) is 19.8 Å². The molecule has 0 fully saturated rings. The van der Waals surface area contributed by atoms with E-state index in [1.165, 1.54) is 18.2 Å². The molecule has 1 aliphatic carbocycles. The summed E-state index contributed by atoms with van der Waals surface area (Å²) < 4.78 is 5.46. The number of nitrogens with one attached hydrogen (secondary N) is 1. The normalized spacial score (nSPS) is 14.2. The molecular weight excluding hydrogens is 442 g/mol. The van der Waals surface area contributed by atoms with Gasteiger partial charge in [0.1, 0.15) is 19.0 Å². The van der Waals surface area contributed by atoms with Crippen LogP contribution < -0.4 is 5.32 Å². The van der Waals surface area contributed by atoms with Crippen molar-refractivity contribution < 1.29 is 24.5 Å². The lowest BCUT2D eigenvalue weighted by molar-refractivity contribution is 0.0133. The van der Waals surface area contributed by atoms with E-state index in [1.807, 2.05) is 36.4 Å². The molecule has 0 bridgehead atoms. The van der Waals surface area contributed by atoms with E-state index in [-0.39, 0.29) is 36.6 Å². The summed E-state index contributed by atoms with van der Waals surface area (Å²) in [5, 5.41) is 23.7. The number of aliphatic hydroxyl groups is 2. The van der Waals surface area contributed by atoms with Crippen molar-refractivity contribution in [2.24, 2.45) is 0 Å². The highest BCUT2D eigenvalue weighted by Crippen LogP contribution is 2.44. The van der Waals surface area contributed by atoms with Crippen LogP contribution in [0.5, 0.6) is 0 Å². The van der Waals surface area contributed by atoms with Crippen LogP contribution in [-0.4, -0.2) is 41.8 Å². The monoisotopic (exact) mass is 465 g/mol. The molecule has 3 N–H and O–H groups in total. The van der Waals surface area contributed by atoms with Crippen LogP contribution in [0.3, 0.4) is 0 Å². The predicted molar refractivity (Wildman–Crippen MR) is 125 cm³/mol. The van der Waals surface area contributed by atoms with Crippen molar-refractivity contribution in [1.29, 1.82) is 0 Å². The first-order chi connectivity index (χ1) is 16.0. The van der Waals surface area contributed by atoms with Gasteiger partial charge >= 0.3 is 6.09 Å². The average Bonchev–Trinajstić information content (AvgIpc) is 3.16. The third-order valence-corrected chi connectivity index (χ3v) is 6.15. The van der Waals surface area contributed by atoms with E-state index >= 15 is 0 Å². The Balaban J connectivity index is 1.30. The SMILES string of the molecule is O=Cc1ccc(Cl)cc1C(O)C(O)CCNC(=O)OCC1c2ccccc2-c2ccccc21. The molecule has 0 saturated carbocycles. The summed E-state index contributed by atoms with van der Waals surface area (Å²) in [6.07, 6.45) is -2.45. The minimum absolute atomic E-state index is 0.0415. The summed E-state index contributed by atoms with van der Waals surface area (Å²) in [5.41, 5.74) is 5.03. The molecule has 1 amide bonds. The Morgan fingerprint density at radius 1 is 1.03 bits per heavy atom. The summed E-state index contributed by atoms with van der Waals surface area (Å²) in [5.74, 6) is -0.0415. The highest BCUT2D eigenvalue weighted by Gasteiger charge is 2.29. The number of benzene rings is 3. The fourth-order valence-electron chi connectivity index (χ4n) is 4.25. The van der Waals surface area contributed by atoms with Gasteiger partial charge in [-0.25, -0.2) is 4.79 Å². The molecule has 4 rings (SSSR count). The Morgan fingerprint density at radius 2 is 1.67 bits per heavy atom. The van der Waals surface area contributed by atoms with Gasteiger partial charge in [-0.3, -0.25) is 4.79 Å². The van der Waals surface area contributed by atoms with Crippen LogP contribution in [0.4, 0.5) is 4.79 Å². The zero-order valence-corrected chi connectivity index (χ0v) is 18.5. The van der Waals surface area contributed by atoms with Crippen molar-refractivity contribution in [3.63, 3.8) is 0 Å². The van der Waals surface area contributed by atoms with Gasteiger partial charge in [-0.05, 0) is 52.4 Å². The topological polar surface area (TPSA) is 95.9 Å². The van der Waals surface area contributed by atoms with Gasteiger partial charge in [0.2, 0.25) is 0 Å². The molecule has 0 saturated heterocycles. The number of ether oxygens (including phenoxy) is 1. The van der Waals surface area contributed by atoms with Crippen LogP contribution in [0.25, 0.3) is 11.1 Å². The summed E-state index contributed by atoms with van der Waals surface area (Å²) in [6, 6.07) is 20.6. The van der Waals surface area contributed by atoms with Crippen LogP contribution in [0.1, 0.15) is 45.5 Å². The Labute approximate surface area is 196 Å². The lowest BCUT2D eigenvalue weighted by atomic mass is 9.97.